The molecule has 44 heavy (non-hydrogen) atoms. The first-order valence-electron chi connectivity index (χ1n) is 13.5. The van der Waals surface area contributed by atoms with Crippen LogP contribution >= 0.6 is 11.6 Å². The number of aliphatic carboxylic acids is 1. The SMILES string of the molecule is [C-]#[N+]c1ccc(-c2ccc(C[C@H](NC(=O)c3c(F)cc(N[C@@H](C)c4ccccc4)cc3F)C(=O)O)c3cccnc23)c(Cl)c1. The fourth-order valence-corrected chi connectivity index (χ4v) is 5.29. The van der Waals surface area contributed by atoms with Gasteiger partial charge in [-0.1, -0.05) is 72.3 Å². The first-order valence-corrected chi connectivity index (χ1v) is 13.9. The van der Waals surface area contributed by atoms with Gasteiger partial charge in [0.05, 0.1) is 12.1 Å². The normalized spacial score (nSPS) is 12.2. The van der Waals surface area contributed by atoms with E-state index in [2.05, 4.69) is 20.5 Å². The van der Waals surface area contributed by atoms with Crippen molar-refractivity contribution in [1.82, 2.24) is 10.3 Å². The van der Waals surface area contributed by atoms with Crippen molar-refractivity contribution in [3.8, 4) is 11.1 Å². The zero-order valence-corrected chi connectivity index (χ0v) is 24.1. The Morgan fingerprint density at radius 3 is 2.34 bits per heavy atom. The molecule has 3 N–H and O–H groups in total. The molecule has 0 aliphatic heterocycles. The van der Waals surface area contributed by atoms with Gasteiger partial charge >= 0.3 is 5.97 Å². The quantitative estimate of drug-likeness (QED) is 0.147. The van der Waals surface area contributed by atoms with Crippen LogP contribution in [0.15, 0.2) is 91.1 Å². The number of anilines is 1. The molecular formula is C34H25ClF2N4O3. The van der Waals surface area contributed by atoms with Gasteiger partial charge < -0.3 is 15.7 Å². The average Bonchev–Trinajstić information content (AvgIpc) is 3.01. The summed E-state index contributed by atoms with van der Waals surface area (Å²) in [5, 5.41) is 16.2. The molecule has 1 heterocycles. The number of nitrogens with zero attached hydrogens (tertiary/aromatic N) is 2. The highest BCUT2D eigenvalue weighted by Crippen LogP contribution is 2.36. The Hall–Kier alpha value is -5.33. The minimum Gasteiger partial charge on any atom is -0.480 e. The Bertz CT molecular complexity index is 1910. The van der Waals surface area contributed by atoms with Crippen molar-refractivity contribution in [3.05, 3.63) is 136 Å². The highest BCUT2D eigenvalue weighted by Gasteiger charge is 2.27. The van der Waals surface area contributed by atoms with Crippen LogP contribution in [0.1, 0.15) is 34.5 Å². The van der Waals surface area contributed by atoms with Crippen molar-refractivity contribution < 1.29 is 23.5 Å². The molecule has 5 rings (SSSR count). The number of amides is 1. The molecular weight excluding hydrogens is 586 g/mol. The van der Waals surface area contributed by atoms with Gasteiger partial charge in [-0.05, 0) is 47.9 Å². The van der Waals surface area contributed by atoms with Crippen LogP contribution in [0.3, 0.4) is 0 Å². The lowest BCUT2D eigenvalue weighted by atomic mass is 9.95. The topological polar surface area (TPSA) is 95.7 Å². The standard InChI is InChI=1S/C34H25ClF2N4O3/c1-19(20-7-4-3-5-8-20)40-23-17-28(36)31(29(37)18-23)33(42)41-30(34(43)44)15-21-10-12-26(32-24(21)9-6-14-39-32)25-13-11-22(38-2)16-27(25)35/h3-14,16-19,30,40H,15H2,1H3,(H,41,42)(H,43,44)/t19-,30-/m0/s1. The number of benzene rings is 4. The Balaban J connectivity index is 1.39. The van der Waals surface area contributed by atoms with Crippen molar-refractivity contribution in [1.29, 1.82) is 0 Å². The summed E-state index contributed by atoms with van der Waals surface area (Å²) in [7, 11) is 0. The molecule has 220 valence electrons. The van der Waals surface area contributed by atoms with Crippen LogP contribution in [0.5, 0.6) is 0 Å². The average molecular weight is 611 g/mol. The number of pyridine rings is 1. The number of halogens is 3. The zero-order valence-electron chi connectivity index (χ0n) is 23.3. The highest BCUT2D eigenvalue weighted by molar-refractivity contribution is 6.34. The molecule has 0 unspecified atom stereocenters. The van der Waals surface area contributed by atoms with E-state index in [0.29, 0.717) is 38.3 Å². The maximum Gasteiger partial charge on any atom is 0.326 e. The molecule has 5 aromatic rings. The monoisotopic (exact) mass is 610 g/mol. The molecule has 1 amide bonds. The van der Waals surface area contributed by atoms with Crippen LogP contribution in [0, 0.1) is 18.2 Å². The Morgan fingerprint density at radius 2 is 1.68 bits per heavy atom. The van der Waals surface area contributed by atoms with Crippen LogP contribution < -0.4 is 10.6 Å². The van der Waals surface area contributed by atoms with Gasteiger partial charge in [-0.25, -0.2) is 18.4 Å². The van der Waals surface area contributed by atoms with E-state index in [0.717, 1.165) is 17.7 Å². The number of aromatic nitrogens is 1. The number of carbonyl (C=O) groups is 2. The molecule has 0 bridgehead atoms. The summed E-state index contributed by atoms with van der Waals surface area (Å²) in [4.78, 5) is 33.1. The minimum atomic E-state index is -1.51. The maximum absolute atomic E-state index is 15.1. The fourth-order valence-electron chi connectivity index (χ4n) is 5.02. The summed E-state index contributed by atoms with van der Waals surface area (Å²) < 4.78 is 30.1. The molecule has 7 nitrogen and oxygen atoms in total. The largest absolute Gasteiger partial charge is 0.480 e. The number of carbonyl (C=O) groups excluding carboxylic acids is 1. The van der Waals surface area contributed by atoms with Crippen molar-refractivity contribution in [2.75, 3.05) is 5.32 Å². The first-order chi connectivity index (χ1) is 21.2. The van der Waals surface area contributed by atoms with Gasteiger partial charge in [0.1, 0.15) is 23.2 Å². The van der Waals surface area contributed by atoms with Crippen LogP contribution in [0.4, 0.5) is 20.2 Å². The third-order valence-electron chi connectivity index (χ3n) is 7.21. The first kappa shape index (κ1) is 30.1. The second kappa shape index (κ2) is 12.9. The van der Waals surface area contributed by atoms with Crippen molar-refractivity contribution in [2.45, 2.75) is 25.4 Å². The summed E-state index contributed by atoms with van der Waals surface area (Å²) in [5.74, 6) is -4.84. The van der Waals surface area contributed by atoms with E-state index in [1.54, 1.807) is 48.7 Å². The van der Waals surface area contributed by atoms with E-state index < -0.39 is 35.1 Å². The Morgan fingerprint density at radius 1 is 0.977 bits per heavy atom. The van der Waals surface area contributed by atoms with E-state index >= 15 is 8.78 Å². The molecule has 0 aliphatic rings. The Labute approximate surface area is 257 Å². The second-order valence-corrected chi connectivity index (χ2v) is 10.5. The summed E-state index contributed by atoms with van der Waals surface area (Å²) >= 11 is 6.45. The maximum atomic E-state index is 15.1. The lowest BCUT2D eigenvalue weighted by Crippen LogP contribution is -2.43. The predicted molar refractivity (Wildman–Crippen MR) is 166 cm³/mol. The van der Waals surface area contributed by atoms with E-state index in [1.165, 1.54) is 0 Å². The molecule has 0 aliphatic carbocycles. The number of carboxylic acid groups (broad SMARTS) is 1. The molecule has 0 radical (unpaired) electrons. The zero-order chi connectivity index (χ0) is 31.4. The summed E-state index contributed by atoms with van der Waals surface area (Å²) in [6.45, 7) is 9.02. The Kier molecular flexibility index (Phi) is 8.83. The van der Waals surface area contributed by atoms with E-state index in [4.69, 9.17) is 18.2 Å². The third-order valence-corrected chi connectivity index (χ3v) is 7.52. The molecule has 10 heteroatoms. The van der Waals surface area contributed by atoms with Crippen LogP contribution in [-0.2, 0) is 11.2 Å². The van der Waals surface area contributed by atoms with Crippen molar-refractivity contribution in [2.24, 2.45) is 0 Å². The van der Waals surface area contributed by atoms with Crippen LogP contribution in [-0.4, -0.2) is 28.0 Å². The van der Waals surface area contributed by atoms with E-state index in [9.17, 15) is 14.7 Å². The number of rotatable bonds is 9. The molecule has 0 saturated heterocycles. The summed E-state index contributed by atoms with van der Waals surface area (Å²) in [6.07, 6.45) is 1.39. The van der Waals surface area contributed by atoms with Crippen molar-refractivity contribution in [3.63, 3.8) is 0 Å². The van der Waals surface area contributed by atoms with Gasteiger partial charge in [0.25, 0.3) is 5.91 Å². The molecule has 4 aromatic carbocycles. The van der Waals surface area contributed by atoms with Gasteiger partial charge in [-0.2, -0.15) is 0 Å². The molecule has 0 spiro atoms. The number of carboxylic acids is 1. The lowest BCUT2D eigenvalue weighted by molar-refractivity contribution is -0.139. The number of hydrogen-bond donors (Lipinski definition) is 3. The van der Waals surface area contributed by atoms with E-state index in [1.807, 2.05) is 37.3 Å². The van der Waals surface area contributed by atoms with Crippen LogP contribution in [0.2, 0.25) is 5.02 Å². The number of fused-ring (bicyclic) bond motifs is 1. The molecule has 0 fully saturated rings. The van der Waals surface area contributed by atoms with Crippen molar-refractivity contribution >= 4 is 45.8 Å². The van der Waals surface area contributed by atoms with Gasteiger partial charge in [0.2, 0.25) is 0 Å². The third kappa shape index (κ3) is 6.36. The number of hydrogen-bond acceptors (Lipinski definition) is 4. The van der Waals surface area contributed by atoms with E-state index in [-0.39, 0.29) is 18.2 Å². The smallest absolute Gasteiger partial charge is 0.326 e. The van der Waals surface area contributed by atoms with Gasteiger partial charge in [0, 0.05) is 40.3 Å². The minimum absolute atomic E-state index is 0.130. The van der Waals surface area contributed by atoms with Gasteiger partial charge in [-0.15, -0.1) is 0 Å². The predicted octanol–water partition coefficient (Wildman–Crippen LogP) is 7.98. The molecule has 1 aromatic heterocycles. The molecule has 2 atom stereocenters. The molecule has 0 saturated carbocycles. The highest BCUT2D eigenvalue weighted by atomic mass is 35.5. The summed E-state index contributed by atoms with van der Waals surface area (Å²) in [5.41, 5.74) is 2.90. The fraction of sp³-hybridized carbons (Fsp3) is 0.118. The lowest BCUT2D eigenvalue weighted by Gasteiger charge is -2.19. The van der Waals surface area contributed by atoms with Crippen LogP contribution in [0.25, 0.3) is 26.9 Å². The summed E-state index contributed by atoms with van der Waals surface area (Å²) in [6, 6.07) is 21.3. The second-order valence-electron chi connectivity index (χ2n) is 10.1. The number of nitrogens with one attached hydrogen (secondary N) is 2. The van der Waals surface area contributed by atoms with Gasteiger partial charge in [0.15, 0.2) is 5.69 Å². The van der Waals surface area contributed by atoms with Gasteiger partial charge in [-0.3, -0.25) is 9.78 Å².